The Morgan fingerprint density at radius 2 is 2.11 bits per heavy atom. The highest BCUT2D eigenvalue weighted by atomic mass is 35.5. The first-order valence-electron chi connectivity index (χ1n) is 6.85. The Labute approximate surface area is 114 Å². The molecular weight excluding hydrogens is 242 g/mol. The number of halogens is 1. The maximum atomic E-state index is 6.28. The number of anilines is 1. The lowest BCUT2D eigenvalue weighted by Crippen LogP contribution is -2.29. The van der Waals surface area contributed by atoms with Gasteiger partial charge in [-0.15, -0.1) is 0 Å². The lowest BCUT2D eigenvalue weighted by Gasteiger charge is -2.28. The lowest BCUT2D eigenvalue weighted by atomic mass is 9.87. The minimum Gasteiger partial charge on any atom is -0.381 e. The fraction of sp³-hybridized carbons (Fsp3) is 0.500. The highest BCUT2D eigenvalue weighted by molar-refractivity contribution is 6.33. The van der Waals surface area contributed by atoms with Crippen LogP contribution in [0.4, 0.5) is 5.69 Å². The number of hydrogen-bond donors (Lipinski definition) is 1. The predicted molar refractivity (Wildman–Crippen MR) is 78.1 cm³/mol. The Balaban J connectivity index is 1.75. The summed E-state index contributed by atoms with van der Waals surface area (Å²) < 4.78 is 0. The molecule has 0 amide bonds. The molecule has 2 bridgehead atoms. The van der Waals surface area contributed by atoms with E-state index in [1.165, 1.54) is 18.4 Å². The Morgan fingerprint density at radius 1 is 1.28 bits per heavy atom. The summed E-state index contributed by atoms with van der Waals surface area (Å²) in [5.41, 5.74) is 2.34. The molecule has 0 radical (unpaired) electrons. The first-order chi connectivity index (χ1) is 8.65. The van der Waals surface area contributed by atoms with Crippen molar-refractivity contribution in [2.45, 2.75) is 32.7 Å². The molecular formula is C16H20ClN. The summed E-state index contributed by atoms with van der Waals surface area (Å²) in [4.78, 5) is 0. The van der Waals surface area contributed by atoms with Gasteiger partial charge in [0, 0.05) is 6.04 Å². The zero-order chi connectivity index (χ0) is 12.7. The average molecular weight is 262 g/mol. The second-order valence-electron chi connectivity index (χ2n) is 5.81. The Hall–Kier alpha value is -0.950. The van der Waals surface area contributed by atoms with Gasteiger partial charge in [-0.1, -0.05) is 35.9 Å². The monoisotopic (exact) mass is 261 g/mol. The molecule has 1 aromatic carbocycles. The summed E-state index contributed by atoms with van der Waals surface area (Å²) in [6, 6.07) is 6.57. The third-order valence-corrected chi connectivity index (χ3v) is 4.88. The highest BCUT2D eigenvalue weighted by Gasteiger charge is 2.38. The summed E-state index contributed by atoms with van der Waals surface area (Å²) in [5.74, 6) is 2.37. The maximum Gasteiger partial charge on any atom is 0.0640 e. The van der Waals surface area contributed by atoms with Gasteiger partial charge >= 0.3 is 0 Å². The van der Waals surface area contributed by atoms with E-state index in [1.807, 2.05) is 12.1 Å². The fourth-order valence-corrected chi connectivity index (χ4v) is 3.82. The SMILES string of the molecule is Cc1cccc(Cl)c1NC(C)C1CC2C=CC1C2. The van der Waals surface area contributed by atoms with Gasteiger partial charge in [-0.25, -0.2) is 0 Å². The lowest BCUT2D eigenvalue weighted by molar-refractivity contribution is 0.400. The minimum atomic E-state index is 0.489. The van der Waals surface area contributed by atoms with Crippen molar-refractivity contribution in [3.63, 3.8) is 0 Å². The van der Waals surface area contributed by atoms with Gasteiger partial charge in [-0.3, -0.25) is 0 Å². The number of aryl methyl sites for hydroxylation is 1. The van der Waals surface area contributed by atoms with Gasteiger partial charge in [0.2, 0.25) is 0 Å². The van der Waals surface area contributed by atoms with Crippen molar-refractivity contribution in [2.75, 3.05) is 5.32 Å². The zero-order valence-corrected chi connectivity index (χ0v) is 11.7. The van der Waals surface area contributed by atoms with Crippen molar-refractivity contribution < 1.29 is 0 Å². The summed E-state index contributed by atoms with van der Waals surface area (Å²) >= 11 is 6.28. The van der Waals surface area contributed by atoms with E-state index in [0.29, 0.717) is 6.04 Å². The summed E-state index contributed by atoms with van der Waals surface area (Å²) in [5, 5.41) is 4.47. The van der Waals surface area contributed by atoms with Crippen LogP contribution in [0.3, 0.4) is 0 Å². The zero-order valence-electron chi connectivity index (χ0n) is 11.0. The molecule has 3 rings (SSSR count). The van der Waals surface area contributed by atoms with E-state index >= 15 is 0 Å². The molecule has 1 N–H and O–H groups in total. The normalized spacial score (nSPS) is 30.7. The molecule has 2 aliphatic rings. The number of para-hydroxylation sites is 1. The number of fused-ring (bicyclic) bond motifs is 2. The highest BCUT2D eigenvalue weighted by Crippen LogP contribution is 2.45. The Kier molecular flexibility index (Phi) is 3.11. The first-order valence-corrected chi connectivity index (χ1v) is 7.23. The molecule has 0 heterocycles. The van der Waals surface area contributed by atoms with Gasteiger partial charge in [0.05, 0.1) is 10.7 Å². The van der Waals surface area contributed by atoms with E-state index in [4.69, 9.17) is 11.6 Å². The number of benzene rings is 1. The molecule has 1 aromatic rings. The van der Waals surface area contributed by atoms with E-state index < -0.39 is 0 Å². The molecule has 1 saturated carbocycles. The van der Waals surface area contributed by atoms with E-state index in [0.717, 1.165) is 28.5 Å². The molecule has 1 nitrogen and oxygen atoms in total. The van der Waals surface area contributed by atoms with Crippen LogP contribution in [0.25, 0.3) is 0 Å². The van der Waals surface area contributed by atoms with E-state index in [9.17, 15) is 0 Å². The van der Waals surface area contributed by atoms with Crippen LogP contribution in [0.5, 0.6) is 0 Å². The Morgan fingerprint density at radius 3 is 2.72 bits per heavy atom. The first kappa shape index (κ1) is 12.1. The smallest absolute Gasteiger partial charge is 0.0640 e. The van der Waals surface area contributed by atoms with Crippen LogP contribution in [-0.4, -0.2) is 6.04 Å². The molecule has 4 unspecified atom stereocenters. The third kappa shape index (κ3) is 2.05. The quantitative estimate of drug-likeness (QED) is 0.781. The molecule has 4 atom stereocenters. The van der Waals surface area contributed by atoms with Crippen LogP contribution >= 0.6 is 11.6 Å². The number of hydrogen-bond acceptors (Lipinski definition) is 1. The molecule has 2 aliphatic carbocycles. The molecule has 0 saturated heterocycles. The van der Waals surface area contributed by atoms with Gasteiger partial charge in [0.25, 0.3) is 0 Å². The molecule has 0 aromatic heterocycles. The van der Waals surface area contributed by atoms with Crippen LogP contribution in [0.2, 0.25) is 5.02 Å². The molecule has 0 aliphatic heterocycles. The Bertz CT molecular complexity index is 460. The molecule has 18 heavy (non-hydrogen) atoms. The van der Waals surface area contributed by atoms with Gasteiger partial charge in [-0.05, 0) is 56.1 Å². The van der Waals surface area contributed by atoms with Crippen molar-refractivity contribution >= 4 is 17.3 Å². The summed E-state index contributed by atoms with van der Waals surface area (Å²) in [7, 11) is 0. The van der Waals surface area contributed by atoms with E-state index in [2.05, 4.69) is 37.4 Å². The van der Waals surface area contributed by atoms with Crippen LogP contribution in [0.15, 0.2) is 30.4 Å². The second-order valence-corrected chi connectivity index (χ2v) is 6.22. The third-order valence-electron chi connectivity index (χ3n) is 4.57. The van der Waals surface area contributed by atoms with Gasteiger partial charge in [-0.2, -0.15) is 0 Å². The second kappa shape index (κ2) is 4.62. The number of nitrogens with one attached hydrogen (secondary N) is 1. The van der Waals surface area contributed by atoms with Crippen molar-refractivity contribution in [3.8, 4) is 0 Å². The van der Waals surface area contributed by atoms with Crippen LogP contribution in [0.1, 0.15) is 25.3 Å². The van der Waals surface area contributed by atoms with Crippen molar-refractivity contribution in [3.05, 3.63) is 40.9 Å². The van der Waals surface area contributed by atoms with Gasteiger partial charge < -0.3 is 5.32 Å². The van der Waals surface area contributed by atoms with Crippen molar-refractivity contribution in [1.29, 1.82) is 0 Å². The van der Waals surface area contributed by atoms with Crippen LogP contribution in [-0.2, 0) is 0 Å². The predicted octanol–water partition coefficient (Wildman–Crippen LogP) is 4.66. The van der Waals surface area contributed by atoms with Crippen LogP contribution < -0.4 is 5.32 Å². The van der Waals surface area contributed by atoms with Crippen molar-refractivity contribution in [1.82, 2.24) is 0 Å². The van der Waals surface area contributed by atoms with Crippen molar-refractivity contribution in [2.24, 2.45) is 17.8 Å². The van der Waals surface area contributed by atoms with E-state index in [-0.39, 0.29) is 0 Å². The molecule has 2 heteroatoms. The largest absolute Gasteiger partial charge is 0.381 e. The molecule has 1 fully saturated rings. The number of rotatable bonds is 3. The molecule has 96 valence electrons. The van der Waals surface area contributed by atoms with E-state index in [1.54, 1.807) is 0 Å². The van der Waals surface area contributed by atoms with Gasteiger partial charge in [0.1, 0.15) is 0 Å². The van der Waals surface area contributed by atoms with Gasteiger partial charge in [0.15, 0.2) is 0 Å². The standard InChI is InChI=1S/C16H20ClN/c1-10-4-3-5-15(17)16(10)18-11(2)14-9-12-6-7-13(14)8-12/h3-7,11-14,18H,8-9H2,1-2H3. The summed E-state index contributed by atoms with van der Waals surface area (Å²) in [6.07, 6.45) is 7.50. The molecule has 0 spiro atoms. The minimum absolute atomic E-state index is 0.489. The summed E-state index contributed by atoms with van der Waals surface area (Å²) in [6.45, 7) is 4.41. The number of allylic oxidation sites excluding steroid dienone is 2. The fourth-order valence-electron chi connectivity index (χ4n) is 3.55. The maximum absolute atomic E-state index is 6.28. The van der Waals surface area contributed by atoms with Crippen LogP contribution in [0, 0.1) is 24.7 Å². The average Bonchev–Trinajstić information content (AvgIpc) is 2.96. The topological polar surface area (TPSA) is 12.0 Å².